The van der Waals surface area contributed by atoms with Crippen molar-refractivity contribution in [3.8, 4) is 5.75 Å². The number of para-hydroxylation sites is 1. The number of carboxylic acid groups (broad SMARTS) is 3. The summed E-state index contributed by atoms with van der Waals surface area (Å²) in [5.74, 6) is -3.78. The maximum Gasteiger partial charge on any atom is 1.00 e. The molecule has 0 spiro atoms. The van der Waals surface area contributed by atoms with Crippen LogP contribution in [0.15, 0.2) is 24.3 Å². The van der Waals surface area contributed by atoms with Crippen LogP contribution in [-0.4, -0.2) is 33.2 Å². The van der Waals surface area contributed by atoms with Crippen molar-refractivity contribution >= 4 is 17.9 Å². The Morgan fingerprint density at radius 2 is 1.42 bits per heavy atom. The Balaban J connectivity index is 0. The van der Waals surface area contributed by atoms with Gasteiger partial charge in [0.2, 0.25) is 0 Å². The molecule has 0 radical (unpaired) electrons. The minimum Gasteiger partial charge on any atom is -0.545 e. The third-order valence-electron chi connectivity index (χ3n) is 1.68. The number of aromatic carboxylic acids is 1. The first kappa shape index (κ1) is 19.8. The number of carboxylic acids is 3. The molecule has 98 valence electrons. The normalized spacial score (nSPS) is 8.42. The van der Waals surface area contributed by atoms with Crippen LogP contribution < -0.4 is 34.7 Å². The molecule has 7 nitrogen and oxygen atoms in total. The van der Waals surface area contributed by atoms with Gasteiger partial charge < -0.3 is 25.2 Å². The van der Waals surface area contributed by atoms with E-state index in [1.54, 1.807) is 6.07 Å². The summed E-state index contributed by atoms with van der Waals surface area (Å²) in [6.45, 7) is 0. The van der Waals surface area contributed by atoms with E-state index in [1.165, 1.54) is 18.2 Å². The summed E-state index contributed by atoms with van der Waals surface area (Å²) in [5, 5.41) is 34.8. The Bertz CT molecular complexity index is 430. The first-order valence-corrected chi connectivity index (χ1v) is 4.77. The molecule has 0 aliphatic heterocycles. The van der Waals surface area contributed by atoms with Gasteiger partial charge in [0, 0.05) is 5.56 Å². The SMILES string of the molecule is O=C(O)CCC(=O)O.O=C([O-])c1ccccc1O.[Na+]. The van der Waals surface area contributed by atoms with Gasteiger partial charge in [0.1, 0.15) is 5.75 Å². The van der Waals surface area contributed by atoms with Gasteiger partial charge in [0.05, 0.1) is 18.8 Å². The fourth-order valence-corrected chi connectivity index (χ4v) is 0.860. The van der Waals surface area contributed by atoms with Gasteiger partial charge >= 0.3 is 41.5 Å². The molecule has 0 bridgehead atoms. The number of aliphatic carboxylic acids is 2. The monoisotopic (exact) mass is 278 g/mol. The zero-order chi connectivity index (χ0) is 14.1. The third kappa shape index (κ3) is 10.1. The molecule has 0 aliphatic rings. The van der Waals surface area contributed by atoms with E-state index in [9.17, 15) is 19.5 Å². The molecule has 8 heteroatoms. The first-order valence-electron chi connectivity index (χ1n) is 4.77. The quantitative estimate of drug-likeness (QED) is 0.491. The average Bonchev–Trinajstić information content (AvgIpc) is 2.27. The fraction of sp³-hybridized carbons (Fsp3) is 0.182. The Hall–Kier alpha value is -1.57. The summed E-state index contributed by atoms with van der Waals surface area (Å²) in [7, 11) is 0. The van der Waals surface area contributed by atoms with Crippen molar-refractivity contribution in [3.05, 3.63) is 29.8 Å². The van der Waals surface area contributed by atoms with Crippen molar-refractivity contribution in [3.63, 3.8) is 0 Å². The summed E-state index contributed by atoms with van der Waals surface area (Å²) in [6, 6.07) is 5.64. The summed E-state index contributed by atoms with van der Waals surface area (Å²) in [6.07, 6.45) is -0.593. The molecule has 0 aliphatic carbocycles. The van der Waals surface area contributed by atoms with Crippen LogP contribution in [0.25, 0.3) is 0 Å². The Morgan fingerprint density at radius 3 is 1.68 bits per heavy atom. The molecule has 1 aromatic rings. The molecular weight excluding hydrogens is 267 g/mol. The van der Waals surface area contributed by atoms with Crippen LogP contribution in [0.5, 0.6) is 5.75 Å². The molecule has 1 rings (SSSR count). The molecule has 1 aromatic carbocycles. The summed E-state index contributed by atoms with van der Waals surface area (Å²) in [5.41, 5.74) is -0.178. The Labute approximate surface area is 130 Å². The number of carbonyl (C=O) groups is 3. The van der Waals surface area contributed by atoms with E-state index in [4.69, 9.17) is 15.3 Å². The molecule has 0 heterocycles. The molecular formula is C11H11NaO7. The van der Waals surface area contributed by atoms with Crippen LogP contribution >= 0.6 is 0 Å². The van der Waals surface area contributed by atoms with Gasteiger partial charge in [-0.3, -0.25) is 9.59 Å². The van der Waals surface area contributed by atoms with Crippen LogP contribution in [0.2, 0.25) is 0 Å². The Morgan fingerprint density at radius 1 is 1.00 bits per heavy atom. The van der Waals surface area contributed by atoms with Crippen LogP contribution in [0.3, 0.4) is 0 Å². The van der Waals surface area contributed by atoms with Gasteiger partial charge in [-0.15, -0.1) is 0 Å². The minimum atomic E-state index is -1.36. The fourth-order valence-electron chi connectivity index (χ4n) is 0.860. The zero-order valence-corrected chi connectivity index (χ0v) is 12.2. The number of benzene rings is 1. The molecule has 0 saturated carbocycles. The second-order valence-corrected chi connectivity index (χ2v) is 3.09. The molecule has 0 amide bonds. The molecule has 0 fully saturated rings. The van der Waals surface area contributed by atoms with Gasteiger partial charge in [-0.25, -0.2) is 0 Å². The number of carbonyl (C=O) groups excluding carboxylic acids is 1. The van der Waals surface area contributed by atoms with E-state index in [2.05, 4.69) is 0 Å². The summed E-state index contributed by atoms with van der Waals surface area (Å²) in [4.78, 5) is 29.4. The first-order chi connectivity index (χ1) is 8.34. The smallest absolute Gasteiger partial charge is 0.545 e. The predicted molar refractivity (Wildman–Crippen MR) is 56.9 cm³/mol. The summed E-state index contributed by atoms with van der Waals surface area (Å²) >= 11 is 0. The van der Waals surface area contributed by atoms with Crippen LogP contribution in [0.4, 0.5) is 0 Å². The van der Waals surface area contributed by atoms with Crippen molar-refractivity contribution in [2.24, 2.45) is 0 Å². The van der Waals surface area contributed by atoms with Crippen molar-refractivity contribution in [1.29, 1.82) is 0 Å². The van der Waals surface area contributed by atoms with Gasteiger partial charge in [-0.2, -0.15) is 0 Å². The van der Waals surface area contributed by atoms with Crippen molar-refractivity contribution in [2.45, 2.75) is 12.8 Å². The number of phenols is 1. The summed E-state index contributed by atoms with van der Waals surface area (Å²) < 4.78 is 0. The molecule has 0 unspecified atom stereocenters. The van der Waals surface area contributed by atoms with Crippen LogP contribution in [0.1, 0.15) is 23.2 Å². The van der Waals surface area contributed by atoms with E-state index in [1.807, 2.05) is 0 Å². The van der Waals surface area contributed by atoms with Gasteiger partial charge in [0.25, 0.3) is 0 Å². The molecule has 3 N–H and O–H groups in total. The van der Waals surface area contributed by atoms with E-state index in [0.29, 0.717) is 0 Å². The van der Waals surface area contributed by atoms with E-state index < -0.39 is 17.9 Å². The zero-order valence-electron chi connectivity index (χ0n) is 10.2. The van der Waals surface area contributed by atoms with E-state index in [-0.39, 0.29) is 53.7 Å². The van der Waals surface area contributed by atoms with Crippen LogP contribution in [-0.2, 0) is 9.59 Å². The third-order valence-corrected chi connectivity index (χ3v) is 1.68. The number of rotatable bonds is 4. The van der Waals surface area contributed by atoms with E-state index >= 15 is 0 Å². The maximum absolute atomic E-state index is 10.2. The van der Waals surface area contributed by atoms with E-state index in [0.717, 1.165) is 0 Å². The minimum absolute atomic E-state index is 0. The number of hydrogen-bond acceptors (Lipinski definition) is 5. The van der Waals surface area contributed by atoms with Crippen molar-refractivity contribution < 1.29 is 64.4 Å². The number of aromatic hydroxyl groups is 1. The molecule has 0 atom stereocenters. The maximum atomic E-state index is 10.2. The van der Waals surface area contributed by atoms with Crippen molar-refractivity contribution in [2.75, 3.05) is 0 Å². The van der Waals surface area contributed by atoms with Crippen molar-refractivity contribution in [1.82, 2.24) is 0 Å². The topological polar surface area (TPSA) is 135 Å². The number of hydrogen-bond donors (Lipinski definition) is 3. The second kappa shape index (κ2) is 10.4. The molecule has 0 saturated heterocycles. The predicted octanol–water partition coefficient (Wildman–Crippen LogP) is -3.30. The molecule has 0 aromatic heterocycles. The van der Waals surface area contributed by atoms with Crippen LogP contribution in [0, 0.1) is 0 Å². The standard InChI is InChI=1S/C7H6O3.C4H6O4.Na/c8-6-4-2-1-3-5(6)7(9)10;5-3(6)1-2-4(7)8;/h1-4,8H,(H,9,10);1-2H2,(H,5,6)(H,7,8);/q;;+1/p-1. The largest absolute Gasteiger partial charge is 1.00 e. The van der Waals surface area contributed by atoms with Gasteiger partial charge in [0.15, 0.2) is 0 Å². The van der Waals surface area contributed by atoms with Gasteiger partial charge in [-0.05, 0) is 12.1 Å². The molecule has 19 heavy (non-hydrogen) atoms. The average molecular weight is 278 g/mol. The Kier molecular flexibility index (Phi) is 10.8. The van der Waals surface area contributed by atoms with Gasteiger partial charge in [-0.1, -0.05) is 12.1 Å². The second-order valence-electron chi connectivity index (χ2n) is 3.09.